The first-order valence-corrected chi connectivity index (χ1v) is 6.92. The molecule has 1 aliphatic rings. The number of likely N-dealkylation sites (tertiary alicyclic amines) is 1. The average Bonchev–Trinajstić information content (AvgIpc) is 2.34. The van der Waals surface area contributed by atoms with E-state index >= 15 is 0 Å². The van der Waals surface area contributed by atoms with Crippen molar-refractivity contribution in [2.75, 3.05) is 6.54 Å². The van der Waals surface area contributed by atoms with E-state index in [0.717, 1.165) is 18.0 Å². The summed E-state index contributed by atoms with van der Waals surface area (Å²) in [4.78, 5) is 13.4. The lowest BCUT2D eigenvalue weighted by atomic mass is 9.91. The summed E-state index contributed by atoms with van der Waals surface area (Å²) in [5.74, 6) is 0.0875. The van der Waals surface area contributed by atoms with Gasteiger partial charge < -0.3 is 4.90 Å². The Morgan fingerprint density at radius 1 is 1.42 bits per heavy atom. The van der Waals surface area contributed by atoms with Crippen LogP contribution < -0.4 is 0 Å². The number of nitrogens with zero attached hydrogens (tertiary/aromatic N) is 2. The van der Waals surface area contributed by atoms with Gasteiger partial charge in [-0.05, 0) is 18.9 Å². The van der Waals surface area contributed by atoms with Crippen molar-refractivity contribution < 1.29 is 4.92 Å². The maximum Gasteiger partial charge on any atom is 0.207 e. The first-order chi connectivity index (χ1) is 9.06. The summed E-state index contributed by atoms with van der Waals surface area (Å²) in [6.07, 6.45) is 1.50. The molecule has 2 atom stereocenters. The van der Waals surface area contributed by atoms with Crippen LogP contribution in [0.5, 0.6) is 0 Å². The summed E-state index contributed by atoms with van der Waals surface area (Å²) in [7, 11) is 0. The minimum absolute atomic E-state index is 0.0314. The summed E-state index contributed by atoms with van der Waals surface area (Å²) >= 11 is 5.44. The summed E-state index contributed by atoms with van der Waals surface area (Å²) in [6.45, 7) is 2.93. The quantitative estimate of drug-likeness (QED) is 0.482. The Hall–Kier alpha value is -1.49. The zero-order chi connectivity index (χ0) is 13.8. The fourth-order valence-corrected chi connectivity index (χ4v) is 3.16. The van der Waals surface area contributed by atoms with Crippen LogP contribution in [0.1, 0.15) is 25.3 Å². The standard InChI is InChI=1S/C14H18N2O2S/c1-11-7-13(10-16(17)18)8-14(19)15(11)9-12-5-3-2-4-6-12/h2-6,11,13H,7-10H2,1H3. The summed E-state index contributed by atoms with van der Waals surface area (Å²) in [5, 5.41) is 10.6. The average molecular weight is 278 g/mol. The molecule has 0 amide bonds. The normalized spacial score (nSPS) is 23.4. The van der Waals surface area contributed by atoms with Gasteiger partial charge in [-0.1, -0.05) is 42.5 Å². The van der Waals surface area contributed by atoms with Crippen molar-refractivity contribution in [3.63, 3.8) is 0 Å². The van der Waals surface area contributed by atoms with E-state index in [1.165, 1.54) is 5.56 Å². The minimum Gasteiger partial charge on any atom is -0.359 e. The monoisotopic (exact) mass is 278 g/mol. The van der Waals surface area contributed by atoms with E-state index in [4.69, 9.17) is 12.2 Å². The maximum atomic E-state index is 10.6. The summed E-state index contributed by atoms with van der Waals surface area (Å²) in [5.41, 5.74) is 1.23. The van der Waals surface area contributed by atoms with Gasteiger partial charge >= 0.3 is 0 Å². The predicted molar refractivity (Wildman–Crippen MR) is 78.6 cm³/mol. The zero-order valence-corrected chi connectivity index (χ0v) is 11.8. The van der Waals surface area contributed by atoms with Crippen LogP contribution in [0, 0.1) is 16.0 Å². The van der Waals surface area contributed by atoms with Crippen LogP contribution in [0.2, 0.25) is 0 Å². The third-order valence-corrected chi connectivity index (χ3v) is 3.99. The van der Waals surface area contributed by atoms with Gasteiger partial charge in [-0.25, -0.2) is 0 Å². The molecular formula is C14H18N2O2S. The highest BCUT2D eigenvalue weighted by Gasteiger charge is 2.31. The van der Waals surface area contributed by atoms with Crippen molar-refractivity contribution in [1.29, 1.82) is 0 Å². The molecule has 0 radical (unpaired) electrons. The van der Waals surface area contributed by atoms with Gasteiger partial charge in [0.15, 0.2) is 0 Å². The van der Waals surface area contributed by atoms with E-state index < -0.39 is 0 Å². The van der Waals surface area contributed by atoms with Crippen molar-refractivity contribution in [1.82, 2.24) is 4.90 Å². The SMILES string of the molecule is CC1CC(C[N+](=O)[O-])CC(=S)N1Cc1ccccc1. The second-order valence-electron chi connectivity index (χ2n) is 5.18. The second-order valence-corrected chi connectivity index (χ2v) is 5.65. The molecule has 1 aromatic rings. The van der Waals surface area contributed by atoms with Crippen LogP contribution in [0.4, 0.5) is 0 Å². The van der Waals surface area contributed by atoms with E-state index in [9.17, 15) is 10.1 Å². The molecule has 1 heterocycles. The van der Waals surface area contributed by atoms with Crippen LogP contribution in [0.25, 0.3) is 0 Å². The van der Waals surface area contributed by atoms with E-state index in [0.29, 0.717) is 6.42 Å². The molecule has 1 aliphatic heterocycles. The Labute approximate surface area is 118 Å². The van der Waals surface area contributed by atoms with Crippen molar-refractivity contribution in [2.24, 2.45) is 5.92 Å². The van der Waals surface area contributed by atoms with Crippen molar-refractivity contribution in [3.8, 4) is 0 Å². The zero-order valence-electron chi connectivity index (χ0n) is 11.0. The van der Waals surface area contributed by atoms with Crippen LogP contribution >= 0.6 is 12.2 Å². The van der Waals surface area contributed by atoms with E-state index in [1.54, 1.807) is 0 Å². The van der Waals surface area contributed by atoms with Gasteiger partial charge in [0.05, 0.1) is 4.99 Å². The Kier molecular flexibility index (Phi) is 4.47. The maximum absolute atomic E-state index is 10.6. The third kappa shape index (κ3) is 3.73. The Balaban J connectivity index is 2.00. The molecule has 102 valence electrons. The first kappa shape index (κ1) is 13.9. The molecule has 0 saturated carbocycles. The Morgan fingerprint density at radius 2 is 2.11 bits per heavy atom. The smallest absolute Gasteiger partial charge is 0.207 e. The molecule has 4 nitrogen and oxygen atoms in total. The highest BCUT2D eigenvalue weighted by Crippen LogP contribution is 2.26. The molecule has 5 heteroatoms. The van der Waals surface area contributed by atoms with E-state index in [2.05, 4.69) is 24.0 Å². The van der Waals surface area contributed by atoms with Gasteiger partial charge in [-0.3, -0.25) is 10.1 Å². The van der Waals surface area contributed by atoms with Gasteiger partial charge in [0.25, 0.3) is 0 Å². The number of benzene rings is 1. The molecule has 0 aromatic heterocycles. The summed E-state index contributed by atoms with van der Waals surface area (Å²) < 4.78 is 0. The number of nitro groups is 1. The molecule has 1 fully saturated rings. The number of hydrogen-bond donors (Lipinski definition) is 0. The molecular weight excluding hydrogens is 260 g/mol. The largest absolute Gasteiger partial charge is 0.359 e. The molecule has 19 heavy (non-hydrogen) atoms. The van der Waals surface area contributed by atoms with Crippen LogP contribution in [-0.2, 0) is 6.54 Å². The summed E-state index contributed by atoms with van der Waals surface area (Å²) in [6, 6.07) is 10.5. The lowest BCUT2D eigenvalue weighted by Gasteiger charge is -2.38. The highest BCUT2D eigenvalue weighted by molar-refractivity contribution is 7.80. The molecule has 0 spiro atoms. The van der Waals surface area contributed by atoms with Crippen LogP contribution in [0.3, 0.4) is 0 Å². The fourth-order valence-electron chi connectivity index (χ4n) is 2.68. The molecule has 0 bridgehead atoms. The van der Waals surface area contributed by atoms with Gasteiger partial charge in [0.1, 0.15) is 0 Å². The fraction of sp³-hybridized carbons (Fsp3) is 0.500. The molecule has 1 saturated heterocycles. The van der Waals surface area contributed by atoms with Gasteiger partial charge in [0, 0.05) is 29.8 Å². The number of rotatable bonds is 4. The van der Waals surface area contributed by atoms with Gasteiger partial charge in [0.2, 0.25) is 6.54 Å². The number of piperidine rings is 1. The van der Waals surface area contributed by atoms with Crippen LogP contribution in [0.15, 0.2) is 30.3 Å². The third-order valence-electron chi connectivity index (χ3n) is 3.59. The Bertz CT molecular complexity index is 464. The predicted octanol–water partition coefficient (Wildman–Crippen LogP) is 2.89. The van der Waals surface area contributed by atoms with Gasteiger partial charge in [-0.2, -0.15) is 0 Å². The molecule has 1 aromatic carbocycles. The molecule has 2 rings (SSSR count). The minimum atomic E-state index is -0.229. The number of hydrogen-bond acceptors (Lipinski definition) is 3. The molecule has 0 N–H and O–H groups in total. The Morgan fingerprint density at radius 3 is 2.68 bits per heavy atom. The topological polar surface area (TPSA) is 46.4 Å². The van der Waals surface area contributed by atoms with Crippen molar-refractivity contribution in [2.45, 2.75) is 32.4 Å². The van der Waals surface area contributed by atoms with Gasteiger partial charge in [-0.15, -0.1) is 0 Å². The molecule has 0 aliphatic carbocycles. The van der Waals surface area contributed by atoms with E-state index in [1.807, 2.05) is 18.2 Å². The first-order valence-electron chi connectivity index (χ1n) is 6.51. The lowest BCUT2D eigenvalue weighted by molar-refractivity contribution is -0.488. The number of thiocarbonyl (C=S) groups is 1. The van der Waals surface area contributed by atoms with Crippen molar-refractivity contribution >= 4 is 17.2 Å². The lowest BCUT2D eigenvalue weighted by Crippen LogP contribution is -2.44. The second kappa shape index (κ2) is 6.10. The van der Waals surface area contributed by atoms with Crippen molar-refractivity contribution in [3.05, 3.63) is 46.0 Å². The molecule has 2 unspecified atom stereocenters. The highest BCUT2D eigenvalue weighted by atomic mass is 32.1. The van der Waals surface area contributed by atoms with Crippen LogP contribution in [-0.4, -0.2) is 27.4 Å². The van der Waals surface area contributed by atoms with E-state index in [-0.39, 0.29) is 23.4 Å².